The van der Waals surface area contributed by atoms with Gasteiger partial charge >= 0.3 is 0 Å². The number of rotatable bonds is 10. The van der Waals surface area contributed by atoms with Crippen molar-refractivity contribution >= 4 is 37.8 Å². The number of nitrogens with two attached hydrogens (primary N) is 1. The summed E-state index contributed by atoms with van der Waals surface area (Å²) in [6, 6.07) is 35.3. The lowest BCUT2D eigenvalue weighted by Gasteiger charge is -2.17. The van der Waals surface area contributed by atoms with Crippen LogP contribution >= 0.6 is 31.9 Å². The van der Waals surface area contributed by atoms with Gasteiger partial charge in [0.1, 0.15) is 17.3 Å². The number of carbonyl (C=O) groups is 1. The van der Waals surface area contributed by atoms with Gasteiger partial charge in [-0.15, -0.1) is 0 Å². The van der Waals surface area contributed by atoms with E-state index in [0.717, 1.165) is 48.3 Å². The molecule has 0 spiro atoms. The van der Waals surface area contributed by atoms with E-state index in [1.165, 1.54) is 12.1 Å². The molecular weight excluding hydrogens is 659 g/mol. The lowest BCUT2D eigenvalue weighted by Crippen LogP contribution is -2.26. The minimum atomic E-state index is -0.276. The number of carbonyl (C=O) groups excluding carboxylic acids is 1. The van der Waals surface area contributed by atoms with Crippen molar-refractivity contribution in [3.8, 4) is 22.6 Å². The number of hydrogen-bond donors (Lipinski definition) is 2. The van der Waals surface area contributed by atoms with Crippen molar-refractivity contribution in [3.63, 3.8) is 0 Å². The molecule has 3 N–H and O–H groups in total. The first-order valence-corrected chi connectivity index (χ1v) is 15.1. The molecule has 0 aliphatic heterocycles. The normalized spacial score (nSPS) is 11.6. The van der Waals surface area contributed by atoms with Gasteiger partial charge in [0.15, 0.2) is 0 Å². The van der Waals surface area contributed by atoms with Gasteiger partial charge in [0.05, 0.1) is 0 Å². The van der Waals surface area contributed by atoms with Gasteiger partial charge in [0, 0.05) is 27.1 Å². The van der Waals surface area contributed by atoms with Crippen molar-refractivity contribution in [2.75, 3.05) is 6.54 Å². The summed E-state index contributed by atoms with van der Waals surface area (Å²) in [4.78, 5) is 12.9. The maximum absolute atomic E-state index is 13.3. The molecule has 1 atom stereocenters. The lowest BCUT2D eigenvalue weighted by molar-refractivity contribution is 0.0954. The van der Waals surface area contributed by atoms with Crippen LogP contribution in [0.3, 0.4) is 0 Å². The average Bonchev–Trinajstić information content (AvgIpc) is 3.00. The maximum Gasteiger partial charge on any atom is 0.251 e. The van der Waals surface area contributed by atoms with Gasteiger partial charge in [-0.2, -0.15) is 0 Å². The predicted octanol–water partition coefficient (Wildman–Crippen LogP) is 9.02. The minimum Gasteiger partial charge on any atom is -0.457 e. The zero-order valence-corrected chi connectivity index (χ0v) is 25.9. The molecule has 0 aliphatic carbocycles. The average molecular weight is 688 g/mol. The van der Waals surface area contributed by atoms with Gasteiger partial charge in [-0.05, 0) is 95.3 Å². The minimum absolute atomic E-state index is 0.150. The van der Waals surface area contributed by atoms with Crippen molar-refractivity contribution in [1.82, 2.24) is 5.32 Å². The third kappa shape index (κ3) is 7.73. The van der Waals surface area contributed by atoms with E-state index in [-0.39, 0.29) is 17.8 Å². The molecule has 0 aliphatic rings. The van der Waals surface area contributed by atoms with Crippen LogP contribution < -0.4 is 15.8 Å². The quantitative estimate of drug-likeness (QED) is 0.154. The first-order valence-electron chi connectivity index (χ1n) is 13.5. The van der Waals surface area contributed by atoms with Gasteiger partial charge in [-0.1, -0.05) is 92.5 Å². The van der Waals surface area contributed by atoms with Crippen molar-refractivity contribution in [2.24, 2.45) is 5.73 Å². The number of amides is 1. The van der Waals surface area contributed by atoms with Gasteiger partial charge in [-0.3, -0.25) is 4.79 Å². The smallest absolute Gasteiger partial charge is 0.251 e. The Morgan fingerprint density at radius 3 is 2.14 bits per heavy atom. The van der Waals surface area contributed by atoms with Crippen LogP contribution in [0.5, 0.6) is 11.5 Å². The molecule has 5 rings (SSSR count). The molecule has 0 radical (unpaired) electrons. The van der Waals surface area contributed by atoms with Crippen LogP contribution in [0.2, 0.25) is 0 Å². The number of hydrogen-bond acceptors (Lipinski definition) is 3. The van der Waals surface area contributed by atoms with E-state index >= 15 is 0 Å². The summed E-state index contributed by atoms with van der Waals surface area (Å²) in [7, 11) is 0. The Bertz CT molecular complexity index is 1640. The molecule has 5 aromatic rings. The van der Waals surface area contributed by atoms with Gasteiger partial charge in [0.25, 0.3) is 5.91 Å². The third-order valence-corrected chi connectivity index (χ3v) is 8.34. The molecule has 0 fully saturated rings. The summed E-state index contributed by atoms with van der Waals surface area (Å²) in [5, 5.41) is 3.01. The highest BCUT2D eigenvalue weighted by Gasteiger charge is 2.16. The first-order chi connectivity index (χ1) is 20.4. The maximum atomic E-state index is 13.3. The predicted molar refractivity (Wildman–Crippen MR) is 173 cm³/mol. The van der Waals surface area contributed by atoms with E-state index in [4.69, 9.17) is 10.5 Å². The van der Waals surface area contributed by atoms with Crippen LogP contribution in [0.15, 0.2) is 124 Å². The van der Waals surface area contributed by atoms with Crippen LogP contribution in [0, 0.1) is 5.82 Å². The lowest BCUT2D eigenvalue weighted by atomic mass is 9.95. The standard InChI is InChI=1S/C35H29Br2FN2O2/c36-32-20-27(35(41)40-18-17-23-9-15-30(16-10-23)42-29-7-2-1-3-8-29)21-33(37)31(32)22-34(39)26-6-4-5-25(19-26)24-11-13-28(38)14-12-24/h1-16,19-21,34H,17-18,22,39H2,(H,40,41). The fourth-order valence-electron chi connectivity index (χ4n) is 4.63. The number of nitrogens with one attached hydrogen (secondary N) is 1. The topological polar surface area (TPSA) is 64.4 Å². The number of ether oxygens (including phenoxy) is 1. The van der Waals surface area contributed by atoms with Gasteiger partial charge in [-0.25, -0.2) is 4.39 Å². The van der Waals surface area contributed by atoms with Crippen LogP contribution in [-0.4, -0.2) is 12.5 Å². The van der Waals surface area contributed by atoms with E-state index in [1.807, 2.05) is 91.0 Å². The Morgan fingerprint density at radius 2 is 1.45 bits per heavy atom. The fourth-order valence-corrected chi connectivity index (χ4v) is 6.14. The molecule has 0 heterocycles. The largest absolute Gasteiger partial charge is 0.457 e. The highest BCUT2D eigenvalue weighted by atomic mass is 79.9. The molecule has 5 aromatic carbocycles. The Balaban J connectivity index is 1.17. The number of para-hydroxylation sites is 1. The van der Waals surface area contributed by atoms with E-state index in [0.29, 0.717) is 24.9 Å². The summed E-state index contributed by atoms with van der Waals surface area (Å²) >= 11 is 7.30. The fraction of sp³-hybridized carbons (Fsp3) is 0.114. The Labute approximate surface area is 262 Å². The Kier molecular flexibility index (Phi) is 9.85. The first kappa shape index (κ1) is 29.7. The number of halogens is 3. The molecule has 0 saturated carbocycles. The summed E-state index contributed by atoms with van der Waals surface area (Å²) in [6.45, 7) is 0.504. The van der Waals surface area contributed by atoms with Gasteiger partial charge in [0.2, 0.25) is 0 Å². The summed E-state index contributed by atoms with van der Waals surface area (Å²) in [5.74, 6) is 1.14. The molecule has 0 bridgehead atoms. The van der Waals surface area contributed by atoms with Crippen LogP contribution in [0.4, 0.5) is 4.39 Å². The zero-order chi connectivity index (χ0) is 29.5. The van der Waals surface area contributed by atoms with E-state index < -0.39 is 0 Å². The van der Waals surface area contributed by atoms with Crippen molar-refractivity contribution < 1.29 is 13.9 Å². The molecule has 4 nitrogen and oxygen atoms in total. The van der Waals surface area contributed by atoms with E-state index in [9.17, 15) is 9.18 Å². The van der Waals surface area contributed by atoms with Crippen molar-refractivity contribution in [1.29, 1.82) is 0 Å². The summed E-state index contributed by atoms with van der Waals surface area (Å²) in [5.41, 5.74) is 12.1. The van der Waals surface area contributed by atoms with Crippen molar-refractivity contribution in [3.05, 3.63) is 152 Å². The highest BCUT2D eigenvalue weighted by Crippen LogP contribution is 2.32. The monoisotopic (exact) mass is 686 g/mol. The third-order valence-electron chi connectivity index (χ3n) is 6.92. The molecule has 1 amide bonds. The van der Waals surface area contributed by atoms with Crippen LogP contribution in [0.25, 0.3) is 11.1 Å². The van der Waals surface area contributed by atoms with Crippen LogP contribution in [0.1, 0.15) is 33.1 Å². The second-order valence-electron chi connectivity index (χ2n) is 9.93. The molecule has 7 heteroatoms. The van der Waals surface area contributed by atoms with E-state index in [1.54, 1.807) is 12.1 Å². The summed E-state index contributed by atoms with van der Waals surface area (Å²) in [6.07, 6.45) is 1.25. The zero-order valence-electron chi connectivity index (χ0n) is 22.7. The number of benzene rings is 5. The molecule has 1 unspecified atom stereocenters. The molecule has 212 valence electrons. The summed E-state index contributed by atoms with van der Waals surface area (Å²) < 4.78 is 20.8. The molecular formula is C35H29Br2FN2O2. The highest BCUT2D eigenvalue weighted by molar-refractivity contribution is 9.11. The Morgan fingerprint density at radius 1 is 0.786 bits per heavy atom. The molecule has 0 aromatic heterocycles. The van der Waals surface area contributed by atoms with Crippen molar-refractivity contribution in [2.45, 2.75) is 18.9 Å². The van der Waals surface area contributed by atoms with Gasteiger partial charge < -0.3 is 15.8 Å². The molecule has 42 heavy (non-hydrogen) atoms. The SMILES string of the molecule is NC(Cc1c(Br)cc(C(=O)NCCc2ccc(Oc3ccccc3)cc2)cc1Br)c1cccc(-c2ccc(F)cc2)c1. The van der Waals surface area contributed by atoms with E-state index in [2.05, 4.69) is 37.2 Å². The Hall–Kier alpha value is -3.78. The molecule has 0 saturated heterocycles. The second kappa shape index (κ2) is 13.9. The van der Waals surface area contributed by atoms with Crippen LogP contribution in [-0.2, 0) is 12.8 Å². The second-order valence-corrected chi connectivity index (χ2v) is 11.6.